The second-order valence-corrected chi connectivity index (χ2v) is 4.54. The lowest BCUT2D eigenvalue weighted by Gasteiger charge is -2.29. The highest BCUT2D eigenvalue weighted by Crippen LogP contribution is 2.28. The van der Waals surface area contributed by atoms with E-state index in [2.05, 4.69) is 6.92 Å². The van der Waals surface area contributed by atoms with Crippen LogP contribution < -0.4 is 0 Å². The third-order valence-corrected chi connectivity index (χ3v) is 3.11. The summed E-state index contributed by atoms with van der Waals surface area (Å²) in [6.07, 6.45) is 5.33. The van der Waals surface area contributed by atoms with Gasteiger partial charge < -0.3 is 4.90 Å². The average Bonchev–Trinajstić information content (AvgIpc) is 2.04. The molecule has 0 saturated heterocycles. The molecule has 1 aliphatic carbocycles. The molecule has 2 heteroatoms. The van der Waals surface area contributed by atoms with Crippen LogP contribution in [0.4, 0.5) is 0 Å². The quantitative estimate of drug-likeness (QED) is 0.643. The van der Waals surface area contributed by atoms with Gasteiger partial charge in [-0.3, -0.25) is 4.79 Å². The molecule has 0 spiro atoms. The lowest BCUT2D eigenvalue weighted by molar-refractivity contribution is -0.128. The van der Waals surface area contributed by atoms with Gasteiger partial charge >= 0.3 is 0 Å². The predicted molar refractivity (Wildman–Crippen MR) is 54.4 cm³/mol. The fourth-order valence-electron chi connectivity index (χ4n) is 2.24. The Morgan fingerprint density at radius 1 is 1.46 bits per heavy atom. The molecule has 0 aromatic carbocycles. The zero-order chi connectivity index (χ0) is 9.84. The van der Waals surface area contributed by atoms with Crippen molar-refractivity contribution in [1.29, 1.82) is 0 Å². The monoisotopic (exact) mass is 183 g/mol. The zero-order valence-corrected chi connectivity index (χ0v) is 9.05. The van der Waals surface area contributed by atoms with Crippen molar-refractivity contribution in [3.63, 3.8) is 0 Å². The maximum Gasteiger partial charge on any atom is 0.219 e. The highest BCUT2D eigenvalue weighted by atomic mass is 16.2. The van der Waals surface area contributed by atoms with E-state index in [1.807, 2.05) is 11.9 Å². The van der Waals surface area contributed by atoms with E-state index in [9.17, 15) is 4.79 Å². The van der Waals surface area contributed by atoms with Gasteiger partial charge in [-0.1, -0.05) is 19.8 Å². The van der Waals surface area contributed by atoms with E-state index in [0.29, 0.717) is 0 Å². The Kier molecular flexibility index (Phi) is 3.76. The van der Waals surface area contributed by atoms with Crippen molar-refractivity contribution in [3.05, 3.63) is 0 Å². The Balaban J connectivity index is 2.31. The van der Waals surface area contributed by atoms with Gasteiger partial charge in [-0.05, 0) is 24.7 Å². The van der Waals surface area contributed by atoms with E-state index in [-0.39, 0.29) is 5.91 Å². The first-order valence-corrected chi connectivity index (χ1v) is 5.31. The van der Waals surface area contributed by atoms with Crippen LogP contribution in [0.15, 0.2) is 0 Å². The van der Waals surface area contributed by atoms with Crippen molar-refractivity contribution >= 4 is 5.91 Å². The number of carbonyl (C=O) groups is 1. The minimum Gasteiger partial charge on any atom is -0.346 e. The van der Waals surface area contributed by atoms with Crippen LogP contribution in [0, 0.1) is 11.8 Å². The van der Waals surface area contributed by atoms with Crippen LogP contribution in [0.3, 0.4) is 0 Å². The van der Waals surface area contributed by atoms with Crippen LogP contribution in [0.25, 0.3) is 0 Å². The summed E-state index contributed by atoms with van der Waals surface area (Å²) >= 11 is 0. The van der Waals surface area contributed by atoms with E-state index < -0.39 is 0 Å². The van der Waals surface area contributed by atoms with Crippen molar-refractivity contribution in [2.24, 2.45) is 11.8 Å². The van der Waals surface area contributed by atoms with Gasteiger partial charge in [-0.25, -0.2) is 0 Å². The molecule has 2 nitrogen and oxygen atoms in total. The van der Waals surface area contributed by atoms with E-state index in [1.165, 1.54) is 25.7 Å². The predicted octanol–water partition coefficient (Wildman–Crippen LogP) is 2.29. The normalized spacial score (nSPS) is 28.5. The molecule has 1 fully saturated rings. The number of hydrogen-bond donors (Lipinski definition) is 0. The van der Waals surface area contributed by atoms with Crippen LogP contribution in [-0.4, -0.2) is 24.4 Å². The van der Waals surface area contributed by atoms with E-state index >= 15 is 0 Å². The lowest BCUT2D eigenvalue weighted by atomic mass is 9.82. The number of rotatable bonds is 2. The molecule has 0 aromatic rings. The first-order chi connectivity index (χ1) is 6.09. The first kappa shape index (κ1) is 10.6. The molecular weight excluding hydrogens is 162 g/mol. The van der Waals surface area contributed by atoms with E-state index in [1.54, 1.807) is 6.92 Å². The second-order valence-electron chi connectivity index (χ2n) is 4.54. The molecule has 0 heterocycles. The van der Waals surface area contributed by atoms with Gasteiger partial charge in [0.05, 0.1) is 0 Å². The maximum absolute atomic E-state index is 11.0. The van der Waals surface area contributed by atoms with E-state index in [4.69, 9.17) is 0 Å². The van der Waals surface area contributed by atoms with Crippen molar-refractivity contribution in [2.45, 2.75) is 39.5 Å². The van der Waals surface area contributed by atoms with Gasteiger partial charge in [0.1, 0.15) is 0 Å². The average molecular weight is 183 g/mol. The highest BCUT2D eigenvalue weighted by Gasteiger charge is 2.20. The molecule has 0 radical (unpaired) electrons. The molecule has 0 bridgehead atoms. The molecule has 1 saturated carbocycles. The summed E-state index contributed by atoms with van der Waals surface area (Å²) in [7, 11) is 1.90. The van der Waals surface area contributed by atoms with Crippen LogP contribution in [0.1, 0.15) is 39.5 Å². The molecule has 1 amide bonds. The Morgan fingerprint density at radius 3 is 2.69 bits per heavy atom. The minimum absolute atomic E-state index is 0.193. The molecule has 76 valence electrons. The molecule has 0 aromatic heterocycles. The smallest absolute Gasteiger partial charge is 0.219 e. The second kappa shape index (κ2) is 4.64. The largest absolute Gasteiger partial charge is 0.346 e. The molecule has 0 aliphatic heterocycles. The molecule has 2 atom stereocenters. The summed E-state index contributed by atoms with van der Waals surface area (Å²) in [5, 5.41) is 0. The number of hydrogen-bond acceptors (Lipinski definition) is 1. The topological polar surface area (TPSA) is 20.3 Å². The first-order valence-electron chi connectivity index (χ1n) is 5.31. The SMILES string of the molecule is CC(=O)N(C)CC1CCCC(C)C1. The molecule has 1 rings (SSSR count). The van der Waals surface area contributed by atoms with Crippen molar-refractivity contribution in [1.82, 2.24) is 4.90 Å². The molecule has 13 heavy (non-hydrogen) atoms. The number of nitrogens with zero attached hydrogens (tertiary/aromatic N) is 1. The molecular formula is C11H21NO. The standard InChI is InChI=1S/C11H21NO/c1-9-5-4-6-11(7-9)8-12(3)10(2)13/h9,11H,4-8H2,1-3H3. The van der Waals surface area contributed by atoms with Crippen LogP contribution >= 0.6 is 0 Å². The number of amides is 1. The Morgan fingerprint density at radius 2 is 2.15 bits per heavy atom. The summed E-state index contributed by atoms with van der Waals surface area (Å²) in [5.74, 6) is 1.80. The minimum atomic E-state index is 0.193. The van der Waals surface area contributed by atoms with Gasteiger partial charge in [0.25, 0.3) is 0 Å². The molecule has 2 unspecified atom stereocenters. The van der Waals surface area contributed by atoms with Gasteiger partial charge in [-0.2, -0.15) is 0 Å². The van der Waals surface area contributed by atoms with Gasteiger partial charge in [0.2, 0.25) is 5.91 Å². The molecule has 0 N–H and O–H groups in total. The van der Waals surface area contributed by atoms with Crippen molar-refractivity contribution in [2.75, 3.05) is 13.6 Å². The summed E-state index contributed by atoms with van der Waals surface area (Å²) in [6.45, 7) is 4.92. The summed E-state index contributed by atoms with van der Waals surface area (Å²) in [4.78, 5) is 12.9. The Bertz CT molecular complexity index is 179. The van der Waals surface area contributed by atoms with E-state index in [0.717, 1.165) is 18.4 Å². The van der Waals surface area contributed by atoms with Gasteiger partial charge in [0.15, 0.2) is 0 Å². The summed E-state index contributed by atoms with van der Waals surface area (Å²) in [5.41, 5.74) is 0. The van der Waals surface area contributed by atoms with Crippen molar-refractivity contribution < 1.29 is 4.79 Å². The lowest BCUT2D eigenvalue weighted by Crippen LogP contribution is -2.31. The summed E-state index contributed by atoms with van der Waals surface area (Å²) in [6, 6.07) is 0. The Hall–Kier alpha value is -0.530. The van der Waals surface area contributed by atoms with Gasteiger partial charge in [0, 0.05) is 20.5 Å². The van der Waals surface area contributed by atoms with Gasteiger partial charge in [-0.15, -0.1) is 0 Å². The van der Waals surface area contributed by atoms with Crippen LogP contribution in [0.2, 0.25) is 0 Å². The highest BCUT2D eigenvalue weighted by molar-refractivity contribution is 5.72. The van der Waals surface area contributed by atoms with Crippen LogP contribution in [-0.2, 0) is 4.79 Å². The summed E-state index contributed by atoms with van der Waals surface area (Å²) < 4.78 is 0. The van der Waals surface area contributed by atoms with Crippen molar-refractivity contribution in [3.8, 4) is 0 Å². The van der Waals surface area contributed by atoms with Crippen LogP contribution in [0.5, 0.6) is 0 Å². The zero-order valence-electron chi connectivity index (χ0n) is 9.05. The molecule has 1 aliphatic rings. The third-order valence-electron chi connectivity index (χ3n) is 3.11. The third kappa shape index (κ3) is 3.37. The fourth-order valence-corrected chi connectivity index (χ4v) is 2.24. The maximum atomic E-state index is 11.0. The Labute approximate surface area is 81.3 Å². The fraction of sp³-hybridized carbons (Fsp3) is 0.909. The number of carbonyl (C=O) groups excluding carboxylic acids is 1.